The fourth-order valence-electron chi connectivity index (χ4n) is 0.621. The van der Waals surface area contributed by atoms with E-state index in [0.717, 1.165) is 0 Å². The first-order chi connectivity index (χ1) is 7.02. The molecule has 0 aromatic carbocycles. The predicted molar refractivity (Wildman–Crippen MR) is 60.9 cm³/mol. The minimum Gasteiger partial charge on any atom is -0.411 e. The van der Waals surface area contributed by atoms with E-state index in [1.807, 2.05) is 0 Å². The van der Waals surface area contributed by atoms with Gasteiger partial charge in [0.2, 0.25) is 0 Å². The number of nitrogens with zero attached hydrogens (tertiary/aromatic N) is 4. The highest BCUT2D eigenvalue weighted by atomic mass is 16.4. The van der Waals surface area contributed by atoms with E-state index in [1.54, 1.807) is 27.7 Å². The zero-order valence-electron chi connectivity index (χ0n) is 9.39. The van der Waals surface area contributed by atoms with Gasteiger partial charge in [-0.25, -0.2) is 0 Å². The van der Waals surface area contributed by atoms with E-state index in [9.17, 15) is 0 Å². The Morgan fingerprint density at radius 3 is 1.33 bits per heavy atom. The number of oxime groups is 2. The van der Waals surface area contributed by atoms with E-state index in [1.165, 1.54) is 0 Å². The average molecular weight is 212 g/mol. The minimum absolute atomic E-state index is 0.220. The zero-order chi connectivity index (χ0) is 11.8. The highest BCUT2D eigenvalue weighted by Gasteiger charge is 1.97. The van der Waals surface area contributed by atoms with Crippen molar-refractivity contribution in [3.8, 4) is 0 Å². The molecule has 0 saturated heterocycles. The summed E-state index contributed by atoms with van der Waals surface area (Å²) in [4.78, 5) is 8.11. The lowest BCUT2D eigenvalue weighted by molar-refractivity contribution is 0.319. The Labute approximate surface area is 88.7 Å². The molecule has 0 radical (unpaired) electrons. The molecule has 0 aromatic rings. The first kappa shape index (κ1) is 13.3. The van der Waals surface area contributed by atoms with Gasteiger partial charge in [-0.3, -0.25) is 9.98 Å². The molecule has 0 aliphatic heterocycles. The molecule has 0 aliphatic rings. The SMILES string of the molecule is CC(=NO)C(C)=NCN=C(C)C(C)=NO. The Kier molecular flexibility index (Phi) is 5.92. The van der Waals surface area contributed by atoms with Crippen molar-refractivity contribution in [2.45, 2.75) is 27.7 Å². The molecule has 0 heterocycles. The fourth-order valence-corrected chi connectivity index (χ4v) is 0.621. The van der Waals surface area contributed by atoms with Crippen LogP contribution >= 0.6 is 0 Å². The Hall–Kier alpha value is -1.72. The normalized spacial score (nSPS) is 15.7. The van der Waals surface area contributed by atoms with Crippen molar-refractivity contribution in [3.05, 3.63) is 0 Å². The molecular formula is C9H16N4O2. The maximum atomic E-state index is 8.46. The van der Waals surface area contributed by atoms with Gasteiger partial charge in [0.05, 0.1) is 22.8 Å². The molecule has 0 fully saturated rings. The molecule has 84 valence electrons. The highest BCUT2D eigenvalue weighted by Crippen LogP contribution is 1.88. The van der Waals surface area contributed by atoms with Crippen molar-refractivity contribution in [1.82, 2.24) is 0 Å². The third-order valence-electron chi connectivity index (χ3n) is 1.96. The van der Waals surface area contributed by atoms with Gasteiger partial charge in [-0.2, -0.15) is 0 Å². The lowest BCUT2D eigenvalue weighted by Crippen LogP contribution is -2.08. The maximum absolute atomic E-state index is 8.46. The molecule has 0 rings (SSSR count). The number of rotatable bonds is 4. The van der Waals surface area contributed by atoms with Crippen LogP contribution in [0, 0.1) is 0 Å². The summed E-state index contributed by atoms with van der Waals surface area (Å²) in [5.74, 6) is 0. The van der Waals surface area contributed by atoms with Crippen LogP contribution in [0.25, 0.3) is 0 Å². The number of aliphatic imine (C=N–C) groups is 2. The minimum atomic E-state index is 0.220. The van der Waals surface area contributed by atoms with Gasteiger partial charge < -0.3 is 10.4 Å². The molecule has 0 amide bonds. The molecule has 6 nitrogen and oxygen atoms in total. The average Bonchev–Trinajstić information content (AvgIpc) is 2.26. The highest BCUT2D eigenvalue weighted by molar-refractivity contribution is 6.41. The summed E-state index contributed by atoms with van der Waals surface area (Å²) in [6.07, 6.45) is 0. The molecule has 15 heavy (non-hydrogen) atoms. The second-order valence-corrected chi connectivity index (χ2v) is 3.00. The Morgan fingerprint density at radius 1 is 0.733 bits per heavy atom. The van der Waals surface area contributed by atoms with Crippen LogP contribution in [0.4, 0.5) is 0 Å². The molecule has 0 saturated carbocycles. The van der Waals surface area contributed by atoms with Gasteiger partial charge >= 0.3 is 0 Å². The van der Waals surface area contributed by atoms with Crippen LogP contribution < -0.4 is 0 Å². The van der Waals surface area contributed by atoms with Crippen LogP contribution in [0.5, 0.6) is 0 Å². The van der Waals surface area contributed by atoms with Crippen molar-refractivity contribution in [3.63, 3.8) is 0 Å². The molecule has 0 spiro atoms. The Morgan fingerprint density at radius 2 is 1.07 bits per heavy atom. The van der Waals surface area contributed by atoms with Crippen molar-refractivity contribution in [2.24, 2.45) is 20.3 Å². The molecule has 2 N–H and O–H groups in total. The van der Waals surface area contributed by atoms with E-state index in [0.29, 0.717) is 22.8 Å². The van der Waals surface area contributed by atoms with Crippen LogP contribution in [-0.4, -0.2) is 39.9 Å². The molecule has 0 aliphatic carbocycles. The summed E-state index contributed by atoms with van der Waals surface area (Å²) >= 11 is 0. The first-order valence-electron chi connectivity index (χ1n) is 4.43. The molecule has 0 unspecified atom stereocenters. The van der Waals surface area contributed by atoms with Gasteiger partial charge in [0.25, 0.3) is 0 Å². The lowest BCUT2D eigenvalue weighted by Gasteiger charge is -1.97. The second kappa shape index (κ2) is 6.69. The summed E-state index contributed by atoms with van der Waals surface area (Å²) in [6.45, 7) is 6.98. The number of hydrogen-bond acceptors (Lipinski definition) is 6. The smallest absolute Gasteiger partial charge is 0.130 e. The Bertz CT molecular complexity index is 297. The first-order valence-corrected chi connectivity index (χ1v) is 4.43. The summed E-state index contributed by atoms with van der Waals surface area (Å²) in [7, 11) is 0. The monoisotopic (exact) mass is 212 g/mol. The van der Waals surface area contributed by atoms with Gasteiger partial charge in [-0.1, -0.05) is 10.3 Å². The standard InChI is InChI=1S/C9H16N4O2/c1-6(8(3)12-14)10-5-11-7(2)9(4)13-15/h14-15H,5H2,1-4H3. The van der Waals surface area contributed by atoms with Crippen molar-refractivity contribution >= 4 is 22.8 Å². The van der Waals surface area contributed by atoms with E-state index < -0.39 is 0 Å². The van der Waals surface area contributed by atoms with Gasteiger partial charge in [0, 0.05) is 0 Å². The van der Waals surface area contributed by atoms with E-state index >= 15 is 0 Å². The van der Waals surface area contributed by atoms with Crippen molar-refractivity contribution in [2.75, 3.05) is 6.67 Å². The van der Waals surface area contributed by atoms with Gasteiger partial charge in [-0.15, -0.1) is 0 Å². The van der Waals surface area contributed by atoms with E-state index in [-0.39, 0.29) is 6.67 Å². The summed E-state index contributed by atoms with van der Waals surface area (Å²) in [5.41, 5.74) is 2.14. The van der Waals surface area contributed by atoms with Gasteiger partial charge in [0.15, 0.2) is 0 Å². The van der Waals surface area contributed by atoms with Crippen LogP contribution in [-0.2, 0) is 0 Å². The van der Waals surface area contributed by atoms with Crippen molar-refractivity contribution in [1.29, 1.82) is 0 Å². The maximum Gasteiger partial charge on any atom is 0.130 e. The molecule has 0 aromatic heterocycles. The van der Waals surface area contributed by atoms with Gasteiger partial charge in [0.1, 0.15) is 6.67 Å². The molecule has 0 bridgehead atoms. The van der Waals surface area contributed by atoms with Crippen LogP contribution in [0.2, 0.25) is 0 Å². The summed E-state index contributed by atoms with van der Waals surface area (Å²) in [5, 5.41) is 22.9. The lowest BCUT2D eigenvalue weighted by atomic mass is 10.3. The molecule has 6 heteroatoms. The quantitative estimate of drug-likeness (QED) is 0.420. The fraction of sp³-hybridized carbons (Fsp3) is 0.556. The van der Waals surface area contributed by atoms with Crippen molar-refractivity contribution < 1.29 is 10.4 Å². The van der Waals surface area contributed by atoms with Gasteiger partial charge in [-0.05, 0) is 27.7 Å². The third kappa shape index (κ3) is 4.90. The van der Waals surface area contributed by atoms with Crippen LogP contribution in [0.1, 0.15) is 27.7 Å². The summed E-state index contributed by atoms with van der Waals surface area (Å²) in [6, 6.07) is 0. The third-order valence-corrected chi connectivity index (χ3v) is 1.96. The predicted octanol–water partition coefficient (Wildman–Crippen LogP) is 1.57. The zero-order valence-corrected chi connectivity index (χ0v) is 9.39. The largest absolute Gasteiger partial charge is 0.411 e. The number of hydrogen-bond donors (Lipinski definition) is 2. The topological polar surface area (TPSA) is 89.9 Å². The molecule has 0 atom stereocenters. The molecular weight excluding hydrogens is 196 g/mol. The second-order valence-electron chi connectivity index (χ2n) is 3.00. The Balaban J connectivity index is 4.42. The van der Waals surface area contributed by atoms with Crippen LogP contribution in [0.15, 0.2) is 20.3 Å². The van der Waals surface area contributed by atoms with Crippen LogP contribution in [0.3, 0.4) is 0 Å². The summed E-state index contributed by atoms with van der Waals surface area (Å²) < 4.78 is 0. The van der Waals surface area contributed by atoms with E-state index in [4.69, 9.17) is 10.4 Å². The van der Waals surface area contributed by atoms with E-state index in [2.05, 4.69) is 20.3 Å².